The van der Waals surface area contributed by atoms with E-state index in [1.807, 2.05) is 103 Å². The van der Waals surface area contributed by atoms with Crippen LogP contribution >= 0.6 is 11.3 Å². The molecule has 12 aromatic rings. The first-order chi connectivity index (χ1) is 28.2. The van der Waals surface area contributed by atoms with Crippen LogP contribution in [0.4, 0.5) is 0 Å². The average molecular weight is 750 g/mol. The fourth-order valence-corrected chi connectivity index (χ4v) is 9.02. The molecule has 5 heterocycles. The van der Waals surface area contributed by atoms with E-state index in [1.54, 1.807) is 11.3 Å². The van der Waals surface area contributed by atoms with Crippen molar-refractivity contribution in [2.45, 2.75) is 0 Å². The van der Waals surface area contributed by atoms with Crippen LogP contribution in [0.15, 0.2) is 173 Å². The maximum atomic E-state index is 6.65. The van der Waals surface area contributed by atoms with Crippen LogP contribution in [0.25, 0.3) is 121 Å². The lowest BCUT2D eigenvalue weighted by atomic mass is 10.0. The molecule has 0 saturated heterocycles. The van der Waals surface area contributed by atoms with E-state index in [0.29, 0.717) is 23.3 Å². The number of rotatable bonds is 5. The minimum atomic E-state index is 0.579. The molecule has 0 atom stereocenters. The number of furan rings is 2. The molecule has 7 aromatic carbocycles. The van der Waals surface area contributed by atoms with E-state index in [9.17, 15) is 0 Å². The van der Waals surface area contributed by atoms with Gasteiger partial charge in [-0.3, -0.25) is 0 Å². The van der Waals surface area contributed by atoms with Crippen LogP contribution in [-0.2, 0) is 0 Å². The predicted octanol–water partition coefficient (Wildman–Crippen LogP) is 13.2. The van der Waals surface area contributed by atoms with E-state index in [0.717, 1.165) is 97.7 Å². The second kappa shape index (κ2) is 12.5. The van der Waals surface area contributed by atoms with Gasteiger partial charge in [0.05, 0.1) is 15.9 Å². The maximum absolute atomic E-state index is 6.65. The zero-order chi connectivity index (χ0) is 37.5. The van der Waals surface area contributed by atoms with Crippen molar-refractivity contribution in [1.82, 2.24) is 24.9 Å². The highest BCUT2D eigenvalue weighted by atomic mass is 32.1. The van der Waals surface area contributed by atoms with Gasteiger partial charge >= 0.3 is 0 Å². The second-order valence-electron chi connectivity index (χ2n) is 14.0. The molecule has 7 nitrogen and oxygen atoms in total. The Morgan fingerprint density at radius 3 is 1.81 bits per heavy atom. The van der Waals surface area contributed by atoms with Gasteiger partial charge in [-0.05, 0) is 48.5 Å². The van der Waals surface area contributed by atoms with Crippen molar-refractivity contribution in [3.8, 4) is 56.8 Å². The number of hydrogen-bond donors (Lipinski definition) is 0. The van der Waals surface area contributed by atoms with Crippen molar-refractivity contribution >= 4 is 75.5 Å². The fourth-order valence-electron chi connectivity index (χ4n) is 7.87. The molecule has 0 aliphatic heterocycles. The number of nitrogens with zero attached hydrogens (tertiary/aromatic N) is 5. The molecule has 0 aliphatic rings. The van der Waals surface area contributed by atoms with Gasteiger partial charge in [0.25, 0.3) is 0 Å². The Morgan fingerprint density at radius 2 is 1.00 bits per heavy atom. The predicted molar refractivity (Wildman–Crippen MR) is 230 cm³/mol. The summed E-state index contributed by atoms with van der Waals surface area (Å²) in [6.45, 7) is 0. The van der Waals surface area contributed by atoms with Crippen molar-refractivity contribution in [3.05, 3.63) is 164 Å². The molecule has 8 heteroatoms. The van der Waals surface area contributed by atoms with Crippen molar-refractivity contribution in [3.63, 3.8) is 0 Å². The Morgan fingerprint density at radius 1 is 0.368 bits per heavy atom. The summed E-state index contributed by atoms with van der Waals surface area (Å²) >= 11 is 1.71. The molecule has 0 N–H and O–H groups in total. The molecular weight excluding hydrogens is 723 g/mol. The first-order valence-corrected chi connectivity index (χ1v) is 19.5. The molecule has 0 saturated carbocycles. The Hall–Kier alpha value is -7.55. The first kappa shape index (κ1) is 31.8. The van der Waals surface area contributed by atoms with Crippen LogP contribution in [0.2, 0.25) is 0 Å². The van der Waals surface area contributed by atoms with Crippen molar-refractivity contribution in [2.75, 3.05) is 0 Å². The zero-order valence-electron chi connectivity index (χ0n) is 30.0. The molecule has 0 unspecified atom stereocenters. The van der Waals surface area contributed by atoms with Crippen molar-refractivity contribution in [2.24, 2.45) is 0 Å². The summed E-state index contributed by atoms with van der Waals surface area (Å²) in [7, 11) is 0. The number of fused-ring (bicyclic) bond motifs is 9. The smallest absolute Gasteiger partial charge is 0.164 e. The van der Waals surface area contributed by atoms with Gasteiger partial charge in [-0.15, -0.1) is 11.3 Å². The van der Waals surface area contributed by atoms with E-state index in [2.05, 4.69) is 60.7 Å². The third-order valence-corrected chi connectivity index (χ3v) is 11.7. The monoisotopic (exact) mass is 749 g/mol. The van der Waals surface area contributed by atoms with E-state index < -0.39 is 0 Å². The first-order valence-electron chi connectivity index (χ1n) is 18.7. The average Bonchev–Trinajstić information content (AvgIpc) is 3.97. The van der Waals surface area contributed by atoms with Gasteiger partial charge in [-0.2, -0.15) is 0 Å². The third-order valence-electron chi connectivity index (χ3n) is 10.6. The number of hydrogen-bond acceptors (Lipinski definition) is 8. The van der Waals surface area contributed by atoms with Crippen molar-refractivity contribution in [1.29, 1.82) is 0 Å². The Labute approximate surface area is 328 Å². The third kappa shape index (κ3) is 5.15. The number of aromatic nitrogens is 5. The van der Waals surface area contributed by atoms with Crippen molar-refractivity contribution < 1.29 is 8.83 Å². The highest BCUT2D eigenvalue weighted by Gasteiger charge is 2.21. The minimum absolute atomic E-state index is 0.579. The van der Waals surface area contributed by atoms with Crippen LogP contribution in [0, 0.1) is 0 Å². The standard InChI is InChI=1S/C49H27N5O2S/c1-3-12-28(13-4-1)46-52-47(29-14-5-2-6-15-29)54-49(53-46)35-18-11-20-39-42(35)33-24-22-30(27-40(33)56-39)43-45-44(34-17-8-10-21-41(34)57-45)51-48(50-43)31-23-25-38-36(26-31)32-16-7-9-19-37(32)55-38/h1-27H. The summed E-state index contributed by atoms with van der Waals surface area (Å²) in [5.41, 5.74) is 9.54. The van der Waals surface area contributed by atoms with Gasteiger partial charge in [-0.1, -0.05) is 115 Å². The Bertz CT molecular complexity index is 3480. The summed E-state index contributed by atoms with van der Waals surface area (Å²) in [6, 6.07) is 55.2. The van der Waals surface area contributed by atoms with Gasteiger partial charge < -0.3 is 8.83 Å². The van der Waals surface area contributed by atoms with Crippen LogP contribution in [-0.4, -0.2) is 24.9 Å². The topological polar surface area (TPSA) is 90.7 Å². The highest BCUT2D eigenvalue weighted by Crippen LogP contribution is 2.43. The second-order valence-corrected chi connectivity index (χ2v) is 15.1. The molecule has 0 fully saturated rings. The number of benzene rings is 7. The summed E-state index contributed by atoms with van der Waals surface area (Å²) in [5.74, 6) is 2.45. The lowest BCUT2D eigenvalue weighted by Crippen LogP contribution is -2.00. The largest absolute Gasteiger partial charge is 0.456 e. The van der Waals surface area contributed by atoms with Gasteiger partial charge in [0.2, 0.25) is 0 Å². The molecule has 0 radical (unpaired) electrons. The summed E-state index contributed by atoms with van der Waals surface area (Å²) in [6.07, 6.45) is 0. The molecular formula is C49H27N5O2S. The number of para-hydroxylation sites is 1. The Balaban J connectivity index is 1.05. The minimum Gasteiger partial charge on any atom is -0.456 e. The SMILES string of the molecule is c1ccc(-c2nc(-c3ccccc3)nc(-c3cccc4oc5cc(-c6nc(-c7ccc8oc9ccccc9c8c7)nc7c6sc6ccccc67)ccc5c34)n2)cc1. The molecule has 0 spiro atoms. The summed E-state index contributed by atoms with van der Waals surface area (Å²) in [5, 5.41) is 5.11. The summed E-state index contributed by atoms with van der Waals surface area (Å²) in [4.78, 5) is 25.5. The van der Waals surface area contributed by atoms with Crippen LogP contribution < -0.4 is 0 Å². The molecule has 266 valence electrons. The molecule has 57 heavy (non-hydrogen) atoms. The molecule has 5 aromatic heterocycles. The number of thiophene rings is 1. The lowest BCUT2D eigenvalue weighted by Gasteiger charge is -2.09. The molecule has 0 bridgehead atoms. The van der Waals surface area contributed by atoms with Crippen LogP contribution in [0.5, 0.6) is 0 Å². The van der Waals surface area contributed by atoms with Gasteiger partial charge in [0.1, 0.15) is 22.3 Å². The quantitative estimate of drug-likeness (QED) is 0.173. The van der Waals surface area contributed by atoms with E-state index in [-0.39, 0.29) is 0 Å². The highest BCUT2D eigenvalue weighted by molar-refractivity contribution is 7.26. The van der Waals surface area contributed by atoms with E-state index in [4.69, 9.17) is 33.8 Å². The van der Waals surface area contributed by atoms with E-state index >= 15 is 0 Å². The van der Waals surface area contributed by atoms with Crippen LogP contribution in [0.3, 0.4) is 0 Å². The molecule has 0 aliphatic carbocycles. The summed E-state index contributed by atoms with van der Waals surface area (Å²) < 4.78 is 15.0. The fraction of sp³-hybridized carbons (Fsp3) is 0. The maximum Gasteiger partial charge on any atom is 0.164 e. The zero-order valence-corrected chi connectivity index (χ0v) is 30.9. The van der Waals surface area contributed by atoms with Gasteiger partial charge in [0.15, 0.2) is 23.3 Å². The van der Waals surface area contributed by atoms with Gasteiger partial charge in [0, 0.05) is 59.4 Å². The lowest BCUT2D eigenvalue weighted by molar-refractivity contribution is 0.668. The molecule has 0 amide bonds. The normalized spacial score (nSPS) is 11.9. The van der Waals surface area contributed by atoms with Crippen LogP contribution in [0.1, 0.15) is 0 Å². The van der Waals surface area contributed by atoms with Gasteiger partial charge in [-0.25, -0.2) is 24.9 Å². The Kier molecular flexibility index (Phi) is 6.96. The van der Waals surface area contributed by atoms with E-state index in [1.165, 1.54) is 0 Å². The molecule has 12 rings (SSSR count).